The predicted molar refractivity (Wildman–Crippen MR) is 99.9 cm³/mol. The van der Waals surface area contributed by atoms with Crippen molar-refractivity contribution in [1.82, 2.24) is 0 Å². The first-order valence-corrected chi connectivity index (χ1v) is 8.69. The van der Waals surface area contributed by atoms with Crippen LogP contribution in [0.5, 0.6) is 5.75 Å². The Morgan fingerprint density at radius 3 is 2.27 bits per heavy atom. The minimum atomic E-state index is -0.587. The smallest absolute Gasteiger partial charge is 0.274 e. The van der Waals surface area contributed by atoms with Crippen LogP contribution in [0.15, 0.2) is 18.2 Å². The van der Waals surface area contributed by atoms with Crippen LogP contribution in [0.4, 0.5) is 5.69 Å². The Labute approximate surface area is 159 Å². The number of hydrogen-bond donors (Lipinski definition) is 0. The Hall–Kier alpha value is -1.41. The second-order valence-corrected chi connectivity index (χ2v) is 7.66. The minimum Gasteiger partial charge on any atom is -0.487 e. The van der Waals surface area contributed by atoms with E-state index in [-0.39, 0.29) is 17.0 Å². The summed E-state index contributed by atoms with van der Waals surface area (Å²) in [5.41, 5.74) is -1.12. The Balaban J connectivity index is 2.63. The molecule has 0 aromatic heterocycles. The Kier molecular flexibility index (Phi) is 8.27. The standard InChI is InChI=1S/C18H28ClNO6/c1-17(2,7-8-25-18(3,4)12-16(23-5)24-6)26-15-10-13(19)9-14(11-15)20(21)22/h9-11,16H,7-8,12H2,1-6H3. The van der Waals surface area contributed by atoms with Gasteiger partial charge >= 0.3 is 0 Å². The quantitative estimate of drug-likeness (QED) is 0.312. The van der Waals surface area contributed by atoms with Crippen LogP contribution in [0.1, 0.15) is 40.5 Å². The number of nitrogens with zero attached hydrogens (tertiary/aromatic N) is 1. The molecule has 148 valence electrons. The van der Waals surface area contributed by atoms with E-state index in [0.29, 0.717) is 25.2 Å². The van der Waals surface area contributed by atoms with Gasteiger partial charge in [0.25, 0.3) is 5.69 Å². The molecular formula is C18H28ClNO6. The van der Waals surface area contributed by atoms with Crippen LogP contribution in [0, 0.1) is 10.1 Å². The lowest BCUT2D eigenvalue weighted by atomic mass is 10.0. The van der Waals surface area contributed by atoms with E-state index in [1.165, 1.54) is 12.1 Å². The summed E-state index contributed by atoms with van der Waals surface area (Å²) in [6.07, 6.45) is 0.838. The molecule has 0 unspecified atom stereocenters. The van der Waals surface area contributed by atoms with E-state index in [0.717, 1.165) is 0 Å². The van der Waals surface area contributed by atoms with Crippen molar-refractivity contribution in [2.45, 2.75) is 58.0 Å². The van der Waals surface area contributed by atoms with Crippen molar-refractivity contribution in [2.75, 3.05) is 20.8 Å². The van der Waals surface area contributed by atoms with Gasteiger partial charge in [-0.2, -0.15) is 0 Å². The number of benzene rings is 1. The molecule has 0 heterocycles. The average Bonchev–Trinajstić information content (AvgIpc) is 2.50. The van der Waals surface area contributed by atoms with Gasteiger partial charge in [-0.3, -0.25) is 10.1 Å². The van der Waals surface area contributed by atoms with Crippen molar-refractivity contribution >= 4 is 17.3 Å². The van der Waals surface area contributed by atoms with Crippen LogP contribution in [0.3, 0.4) is 0 Å². The van der Waals surface area contributed by atoms with Gasteiger partial charge in [0.05, 0.1) is 28.2 Å². The Morgan fingerprint density at radius 2 is 1.73 bits per heavy atom. The third kappa shape index (κ3) is 7.86. The van der Waals surface area contributed by atoms with Crippen molar-refractivity contribution in [3.8, 4) is 5.75 Å². The van der Waals surface area contributed by atoms with Gasteiger partial charge in [0.1, 0.15) is 11.4 Å². The van der Waals surface area contributed by atoms with Gasteiger partial charge in [0.2, 0.25) is 0 Å². The number of methoxy groups -OCH3 is 2. The molecule has 0 saturated carbocycles. The molecule has 0 atom stereocenters. The molecule has 0 aliphatic rings. The van der Waals surface area contributed by atoms with Crippen molar-refractivity contribution in [3.05, 3.63) is 33.3 Å². The van der Waals surface area contributed by atoms with E-state index in [1.54, 1.807) is 20.3 Å². The van der Waals surface area contributed by atoms with Gasteiger partial charge in [0, 0.05) is 33.1 Å². The van der Waals surface area contributed by atoms with Crippen LogP contribution < -0.4 is 4.74 Å². The van der Waals surface area contributed by atoms with E-state index in [9.17, 15) is 10.1 Å². The highest BCUT2D eigenvalue weighted by atomic mass is 35.5. The van der Waals surface area contributed by atoms with Crippen LogP contribution in [0.25, 0.3) is 0 Å². The first kappa shape index (κ1) is 22.6. The van der Waals surface area contributed by atoms with E-state index in [2.05, 4.69) is 0 Å². The highest BCUT2D eigenvalue weighted by molar-refractivity contribution is 6.30. The number of rotatable bonds is 11. The summed E-state index contributed by atoms with van der Waals surface area (Å²) in [5.74, 6) is 0.354. The largest absolute Gasteiger partial charge is 0.487 e. The monoisotopic (exact) mass is 389 g/mol. The third-order valence-electron chi connectivity index (χ3n) is 3.84. The van der Waals surface area contributed by atoms with Crippen molar-refractivity contribution < 1.29 is 23.9 Å². The number of non-ortho nitro benzene ring substituents is 1. The fourth-order valence-corrected chi connectivity index (χ4v) is 2.60. The van der Waals surface area contributed by atoms with E-state index in [1.807, 2.05) is 27.7 Å². The zero-order valence-corrected chi connectivity index (χ0v) is 17.0. The summed E-state index contributed by atoms with van der Waals surface area (Å²) in [5, 5.41) is 11.2. The fourth-order valence-electron chi connectivity index (χ4n) is 2.38. The lowest BCUT2D eigenvalue weighted by Crippen LogP contribution is -2.35. The topological polar surface area (TPSA) is 80.1 Å². The Bertz CT molecular complexity index is 601. The number of nitro benzene ring substituents is 1. The molecule has 0 aliphatic carbocycles. The molecule has 1 rings (SSSR count). The van der Waals surface area contributed by atoms with Gasteiger partial charge in [-0.1, -0.05) is 11.6 Å². The van der Waals surface area contributed by atoms with Gasteiger partial charge in [-0.05, 0) is 33.8 Å². The average molecular weight is 390 g/mol. The van der Waals surface area contributed by atoms with E-state index < -0.39 is 16.1 Å². The van der Waals surface area contributed by atoms with Crippen molar-refractivity contribution in [3.63, 3.8) is 0 Å². The number of hydrogen-bond acceptors (Lipinski definition) is 6. The molecule has 7 nitrogen and oxygen atoms in total. The molecule has 0 fully saturated rings. The van der Waals surface area contributed by atoms with Crippen molar-refractivity contribution in [2.24, 2.45) is 0 Å². The fraction of sp³-hybridized carbons (Fsp3) is 0.667. The Morgan fingerprint density at radius 1 is 1.12 bits per heavy atom. The highest BCUT2D eigenvalue weighted by Gasteiger charge is 2.27. The van der Waals surface area contributed by atoms with Gasteiger partial charge in [-0.25, -0.2) is 0 Å². The summed E-state index contributed by atoms with van der Waals surface area (Å²) >= 11 is 5.93. The molecule has 0 bridgehead atoms. The lowest BCUT2D eigenvalue weighted by molar-refractivity contribution is -0.384. The molecule has 1 aromatic carbocycles. The minimum absolute atomic E-state index is 0.106. The maximum atomic E-state index is 10.9. The number of halogens is 1. The summed E-state index contributed by atoms with van der Waals surface area (Å²) in [7, 11) is 3.18. The maximum Gasteiger partial charge on any atom is 0.274 e. The lowest BCUT2D eigenvalue weighted by Gasteiger charge is -2.31. The molecule has 0 radical (unpaired) electrons. The summed E-state index contributed by atoms with van der Waals surface area (Å²) in [6.45, 7) is 8.16. The van der Waals surface area contributed by atoms with E-state index >= 15 is 0 Å². The molecule has 8 heteroatoms. The molecule has 26 heavy (non-hydrogen) atoms. The summed E-state index contributed by atoms with van der Waals surface area (Å²) in [6, 6.07) is 4.21. The molecular weight excluding hydrogens is 362 g/mol. The zero-order valence-electron chi connectivity index (χ0n) is 16.2. The first-order chi connectivity index (χ1) is 12.0. The van der Waals surface area contributed by atoms with Gasteiger partial charge in [0.15, 0.2) is 6.29 Å². The summed E-state index contributed by atoms with van der Waals surface area (Å²) < 4.78 is 22.3. The normalized spacial score (nSPS) is 12.5. The van der Waals surface area contributed by atoms with Crippen molar-refractivity contribution in [1.29, 1.82) is 0 Å². The SMILES string of the molecule is COC(CC(C)(C)OCCC(C)(C)Oc1cc(Cl)cc([N+](=O)[O-])c1)OC. The number of ether oxygens (including phenoxy) is 4. The van der Waals surface area contributed by atoms with Gasteiger partial charge in [-0.15, -0.1) is 0 Å². The molecule has 0 spiro atoms. The zero-order chi connectivity index (χ0) is 20.0. The van der Waals surface area contributed by atoms with Crippen LogP contribution in [0.2, 0.25) is 5.02 Å². The van der Waals surface area contributed by atoms with Crippen LogP contribution in [-0.2, 0) is 14.2 Å². The second kappa shape index (κ2) is 9.50. The molecule has 0 aliphatic heterocycles. The maximum absolute atomic E-state index is 10.9. The van der Waals surface area contributed by atoms with E-state index in [4.69, 9.17) is 30.5 Å². The first-order valence-electron chi connectivity index (χ1n) is 8.31. The number of nitro groups is 1. The molecule has 0 saturated heterocycles. The predicted octanol–water partition coefficient (Wildman–Crippen LogP) is 4.60. The molecule has 1 aromatic rings. The molecule has 0 amide bonds. The highest BCUT2D eigenvalue weighted by Crippen LogP contribution is 2.30. The third-order valence-corrected chi connectivity index (χ3v) is 4.06. The van der Waals surface area contributed by atoms with Crippen LogP contribution in [-0.4, -0.2) is 43.2 Å². The van der Waals surface area contributed by atoms with Crippen LogP contribution >= 0.6 is 11.6 Å². The summed E-state index contributed by atoms with van der Waals surface area (Å²) in [4.78, 5) is 10.4. The van der Waals surface area contributed by atoms with Gasteiger partial charge < -0.3 is 18.9 Å². The second-order valence-electron chi connectivity index (χ2n) is 7.23. The molecule has 0 N–H and O–H groups in total.